The van der Waals surface area contributed by atoms with Gasteiger partial charge in [-0.05, 0) is 12.0 Å². The number of rotatable bonds is 6. The predicted molar refractivity (Wildman–Crippen MR) is 79.5 cm³/mol. The first-order chi connectivity index (χ1) is 9.40. The van der Waals surface area contributed by atoms with E-state index >= 15 is 0 Å². The average Bonchev–Trinajstić information content (AvgIpc) is 2.42. The summed E-state index contributed by atoms with van der Waals surface area (Å²) in [6, 6.07) is 2.47. The van der Waals surface area contributed by atoms with Crippen LogP contribution in [0.2, 0.25) is 10.0 Å². The lowest BCUT2D eigenvalue weighted by molar-refractivity contribution is -0.384. The van der Waals surface area contributed by atoms with Crippen LogP contribution >= 0.6 is 23.2 Å². The second-order valence-corrected chi connectivity index (χ2v) is 5.23. The van der Waals surface area contributed by atoms with Crippen LogP contribution in [0, 0.1) is 16.0 Å². The quantitative estimate of drug-likeness (QED) is 0.634. The van der Waals surface area contributed by atoms with Gasteiger partial charge in [0.25, 0.3) is 11.6 Å². The molecule has 0 radical (unpaired) electrons. The third kappa shape index (κ3) is 4.08. The van der Waals surface area contributed by atoms with E-state index in [-0.39, 0.29) is 21.3 Å². The Morgan fingerprint density at radius 2 is 1.95 bits per heavy atom. The summed E-state index contributed by atoms with van der Waals surface area (Å²) < 4.78 is 0. The molecule has 5 nitrogen and oxygen atoms in total. The lowest BCUT2D eigenvalue weighted by Crippen LogP contribution is -2.29. The summed E-state index contributed by atoms with van der Waals surface area (Å²) >= 11 is 11.5. The highest BCUT2D eigenvalue weighted by Gasteiger charge is 2.20. The van der Waals surface area contributed by atoms with Gasteiger partial charge in [0.2, 0.25) is 0 Å². The molecule has 0 fully saturated rings. The van der Waals surface area contributed by atoms with Gasteiger partial charge in [-0.3, -0.25) is 14.9 Å². The zero-order valence-corrected chi connectivity index (χ0v) is 12.8. The monoisotopic (exact) mass is 318 g/mol. The molecule has 0 aliphatic heterocycles. The van der Waals surface area contributed by atoms with Crippen LogP contribution in [-0.2, 0) is 0 Å². The third-order valence-corrected chi connectivity index (χ3v) is 3.97. The summed E-state index contributed by atoms with van der Waals surface area (Å²) in [4.78, 5) is 22.2. The maximum atomic E-state index is 12.0. The van der Waals surface area contributed by atoms with Crippen molar-refractivity contribution in [2.45, 2.75) is 26.7 Å². The molecule has 1 amide bonds. The van der Waals surface area contributed by atoms with Gasteiger partial charge in [0, 0.05) is 18.2 Å². The van der Waals surface area contributed by atoms with Crippen LogP contribution in [0.4, 0.5) is 5.69 Å². The molecule has 0 aromatic heterocycles. The maximum absolute atomic E-state index is 12.0. The van der Waals surface area contributed by atoms with Crippen molar-refractivity contribution < 1.29 is 9.72 Å². The van der Waals surface area contributed by atoms with Crippen molar-refractivity contribution in [2.75, 3.05) is 6.54 Å². The zero-order chi connectivity index (χ0) is 15.3. The standard InChI is InChI=1S/C13H16Cl2N2O3/c1-3-8(4-2)7-16-13(18)9-5-10(14)12(15)11(6-9)17(19)20/h5-6,8H,3-4,7H2,1-2H3,(H,16,18). The van der Waals surface area contributed by atoms with Crippen molar-refractivity contribution in [1.29, 1.82) is 0 Å². The van der Waals surface area contributed by atoms with E-state index in [4.69, 9.17) is 23.2 Å². The lowest BCUT2D eigenvalue weighted by atomic mass is 10.0. The summed E-state index contributed by atoms with van der Waals surface area (Å²) in [6.07, 6.45) is 1.91. The number of nitrogens with one attached hydrogen (secondary N) is 1. The van der Waals surface area contributed by atoms with Crippen molar-refractivity contribution in [3.05, 3.63) is 37.9 Å². The Morgan fingerprint density at radius 1 is 1.35 bits per heavy atom. The minimum atomic E-state index is -0.661. The van der Waals surface area contributed by atoms with Gasteiger partial charge in [0.1, 0.15) is 5.02 Å². The topological polar surface area (TPSA) is 72.2 Å². The van der Waals surface area contributed by atoms with E-state index in [2.05, 4.69) is 5.32 Å². The lowest BCUT2D eigenvalue weighted by Gasteiger charge is -2.13. The molecular formula is C13H16Cl2N2O3. The number of amides is 1. The van der Waals surface area contributed by atoms with Crippen LogP contribution in [-0.4, -0.2) is 17.4 Å². The van der Waals surface area contributed by atoms with Crippen LogP contribution < -0.4 is 5.32 Å². The van der Waals surface area contributed by atoms with Gasteiger partial charge in [-0.1, -0.05) is 49.9 Å². The predicted octanol–water partition coefficient (Wildman–Crippen LogP) is 4.07. The van der Waals surface area contributed by atoms with Crippen LogP contribution in [0.3, 0.4) is 0 Å². The molecule has 0 aliphatic rings. The number of nitro groups is 1. The highest BCUT2D eigenvalue weighted by molar-refractivity contribution is 6.43. The van der Waals surface area contributed by atoms with Gasteiger partial charge in [0.15, 0.2) is 0 Å². The van der Waals surface area contributed by atoms with E-state index in [0.717, 1.165) is 18.9 Å². The van der Waals surface area contributed by atoms with Gasteiger partial charge in [-0.25, -0.2) is 0 Å². The molecule has 1 N–H and O–H groups in total. The summed E-state index contributed by atoms with van der Waals surface area (Å²) in [6.45, 7) is 4.62. The third-order valence-electron chi connectivity index (χ3n) is 3.17. The fourth-order valence-corrected chi connectivity index (χ4v) is 2.15. The Balaban J connectivity index is 2.91. The molecule has 0 spiro atoms. The fourth-order valence-electron chi connectivity index (χ4n) is 1.75. The fraction of sp³-hybridized carbons (Fsp3) is 0.462. The summed E-state index contributed by atoms with van der Waals surface area (Å²) in [5, 5.41) is 13.4. The number of carbonyl (C=O) groups is 1. The number of carbonyl (C=O) groups excluding carboxylic acids is 1. The molecule has 110 valence electrons. The first-order valence-electron chi connectivity index (χ1n) is 6.32. The second-order valence-electron chi connectivity index (χ2n) is 4.44. The summed E-state index contributed by atoms with van der Waals surface area (Å²) in [5.41, 5.74) is -0.232. The molecule has 1 aromatic rings. The number of benzene rings is 1. The molecule has 0 unspecified atom stereocenters. The molecular weight excluding hydrogens is 303 g/mol. The molecule has 7 heteroatoms. The van der Waals surface area contributed by atoms with Crippen LogP contribution in [0.5, 0.6) is 0 Å². The van der Waals surface area contributed by atoms with Gasteiger partial charge in [-0.2, -0.15) is 0 Å². The van der Waals surface area contributed by atoms with E-state index in [1.807, 2.05) is 13.8 Å². The molecule has 0 atom stereocenters. The van der Waals surface area contributed by atoms with Crippen molar-refractivity contribution in [2.24, 2.45) is 5.92 Å². The Labute approximate surface area is 127 Å². The smallest absolute Gasteiger partial charge is 0.290 e. The molecule has 0 aliphatic carbocycles. The zero-order valence-electron chi connectivity index (χ0n) is 11.3. The Hall–Kier alpha value is -1.33. The molecule has 0 saturated heterocycles. The minimum Gasteiger partial charge on any atom is -0.352 e. The first-order valence-corrected chi connectivity index (χ1v) is 7.07. The van der Waals surface area contributed by atoms with Gasteiger partial charge in [-0.15, -0.1) is 0 Å². The summed E-state index contributed by atoms with van der Waals surface area (Å²) in [7, 11) is 0. The van der Waals surface area contributed by atoms with Crippen molar-refractivity contribution in [1.82, 2.24) is 5.32 Å². The maximum Gasteiger partial charge on any atom is 0.290 e. The molecule has 0 bridgehead atoms. The number of nitro benzene ring substituents is 1. The van der Waals surface area contributed by atoms with Crippen LogP contribution in [0.1, 0.15) is 37.0 Å². The molecule has 1 aromatic carbocycles. The van der Waals surface area contributed by atoms with Crippen molar-refractivity contribution in [3.63, 3.8) is 0 Å². The number of hydrogen-bond acceptors (Lipinski definition) is 3. The van der Waals surface area contributed by atoms with Gasteiger partial charge < -0.3 is 5.32 Å². The van der Waals surface area contributed by atoms with E-state index in [0.29, 0.717) is 12.5 Å². The molecule has 0 saturated carbocycles. The second kappa shape index (κ2) is 7.45. The largest absolute Gasteiger partial charge is 0.352 e. The minimum absolute atomic E-state index is 0.00597. The van der Waals surface area contributed by atoms with Crippen molar-refractivity contribution >= 4 is 34.8 Å². The highest BCUT2D eigenvalue weighted by Crippen LogP contribution is 2.33. The van der Waals surface area contributed by atoms with Crippen molar-refractivity contribution in [3.8, 4) is 0 Å². The van der Waals surface area contributed by atoms with Crippen LogP contribution in [0.15, 0.2) is 12.1 Å². The van der Waals surface area contributed by atoms with E-state index in [1.165, 1.54) is 6.07 Å². The summed E-state index contributed by atoms with van der Waals surface area (Å²) in [5.74, 6) is -0.00438. The first kappa shape index (κ1) is 16.7. The SMILES string of the molecule is CCC(CC)CNC(=O)c1cc(Cl)c(Cl)c([N+](=O)[O-])c1. The Kier molecular flexibility index (Phi) is 6.23. The normalized spacial score (nSPS) is 10.7. The number of hydrogen-bond donors (Lipinski definition) is 1. The Morgan fingerprint density at radius 3 is 2.45 bits per heavy atom. The molecule has 1 rings (SSSR count). The number of nitrogens with zero attached hydrogens (tertiary/aromatic N) is 1. The highest BCUT2D eigenvalue weighted by atomic mass is 35.5. The number of halogens is 2. The average molecular weight is 319 g/mol. The van der Waals surface area contributed by atoms with Gasteiger partial charge in [0.05, 0.1) is 9.95 Å². The van der Waals surface area contributed by atoms with Crippen LogP contribution in [0.25, 0.3) is 0 Å². The Bertz CT molecular complexity index is 517. The molecule has 20 heavy (non-hydrogen) atoms. The van der Waals surface area contributed by atoms with E-state index in [9.17, 15) is 14.9 Å². The van der Waals surface area contributed by atoms with E-state index in [1.54, 1.807) is 0 Å². The van der Waals surface area contributed by atoms with Gasteiger partial charge >= 0.3 is 0 Å². The van der Waals surface area contributed by atoms with E-state index < -0.39 is 10.8 Å². The molecule has 0 heterocycles.